The third-order valence-corrected chi connectivity index (χ3v) is 5.68. The fourth-order valence-corrected chi connectivity index (χ4v) is 4.31. The van der Waals surface area contributed by atoms with Gasteiger partial charge < -0.3 is 24.1 Å². The molecule has 0 amide bonds. The summed E-state index contributed by atoms with van der Waals surface area (Å²) < 4.78 is 25.0. The number of hydrogen-bond donors (Lipinski definition) is 1. The van der Waals surface area contributed by atoms with Crippen molar-refractivity contribution in [2.75, 3.05) is 6.61 Å². The van der Waals surface area contributed by atoms with Gasteiger partial charge in [0.25, 0.3) is 0 Å². The van der Waals surface area contributed by atoms with Crippen molar-refractivity contribution >= 4 is 0 Å². The monoisotopic (exact) mass is 398 g/mol. The molecule has 156 valence electrons. The lowest BCUT2D eigenvalue weighted by Gasteiger charge is -2.41. The van der Waals surface area contributed by atoms with Crippen LogP contribution in [0.25, 0.3) is 0 Å². The number of fused-ring (bicyclic) bond motifs is 1. The minimum Gasteiger partial charge on any atom is -0.396 e. The van der Waals surface area contributed by atoms with Crippen molar-refractivity contribution in [2.45, 2.75) is 63.7 Å². The van der Waals surface area contributed by atoms with E-state index in [1.54, 1.807) is 0 Å². The summed E-state index contributed by atoms with van der Waals surface area (Å²) in [6, 6.07) is 20.2. The molecule has 2 aliphatic rings. The quantitative estimate of drug-likeness (QED) is 0.771. The average Bonchev–Trinajstić information content (AvgIpc) is 3.07. The topological polar surface area (TPSA) is 57.2 Å². The molecule has 5 heteroatoms. The largest absolute Gasteiger partial charge is 0.396 e. The van der Waals surface area contributed by atoms with Gasteiger partial charge in [0.1, 0.15) is 12.2 Å². The molecule has 2 aromatic carbocycles. The molecule has 5 nitrogen and oxygen atoms in total. The second-order valence-electron chi connectivity index (χ2n) is 8.34. The molecule has 1 aliphatic heterocycles. The van der Waals surface area contributed by atoms with E-state index in [-0.39, 0.29) is 36.9 Å². The molecule has 0 aromatic heterocycles. The molecule has 2 aromatic rings. The zero-order chi connectivity index (χ0) is 20.3. The summed E-state index contributed by atoms with van der Waals surface area (Å²) in [6.07, 6.45) is -0.236. The molecule has 5 atom stereocenters. The fraction of sp³-hybridized carbons (Fsp3) is 0.500. The van der Waals surface area contributed by atoms with Crippen molar-refractivity contribution in [3.8, 4) is 0 Å². The average molecular weight is 398 g/mol. The lowest BCUT2D eigenvalue weighted by atomic mass is 9.81. The Labute approximate surface area is 172 Å². The first-order valence-corrected chi connectivity index (χ1v) is 10.3. The standard InChI is InChI=1S/C24H30O5/c1-24(2)28-22-20(26-15-17-9-5-3-6-10-17)13-19(14-25)21(23(22)29-24)27-16-18-11-7-4-8-12-18/h3-12,19-23,25H,13-16H2,1-2H3/t19-,20-,21-,22-,23-/m1/s1. The third-order valence-electron chi connectivity index (χ3n) is 5.68. The third kappa shape index (κ3) is 4.87. The molecule has 0 bridgehead atoms. The van der Waals surface area contributed by atoms with Crippen LogP contribution in [0.3, 0.4) is 0 Å². The second-order valence-corrected chi connectivity index (χ2v) is 8.34. The molecular weight excluding hydrogens is 368 g/mol. The summed E-state index contributed by atoms with van der Waals surface area (Å²) in [5.41, 5.74) is 2.21. The highest BCUT2D eigenvalue weighted by Crippen LogP contribution is 2.42. The maximum Gasteiger partial charge on any atom is 0.164 e. The van der Waals surface area contributed by atoms with Gasteiger partial charge in [0.2, 0.25) is 0 Å². The molecule has 2 fully saturated rings. The molecule has 0 unspecified atom stereocenters. The van der Waals surface area contributed by atoms with Crippen LogP contribution in [-0.4, -0.2) is 41.9 Å². The van der Waals surface area contributed by atoms with Crippen molar-refractivity contribution in [3.05, 3.63) is 71.8 Å². The molecule has 1 N–H and O–H groups in total. The normalized spacial score (nSPS) is 30.8. The lowest BCUT2D eigenvalue weighted by Crippen LogP contribution is -2.54. The Morgan fingerprint density at radius 2 is 1.41 bits per heavy atom. The summed E-state index contributed by atoms with van der Waals surface area (Å²) >= 11 is 0. The lowest BCUT2D eigenvalue weighted by molar-refractivity contribution is -0.166. The Kier molecular flexibility index (Phi) is 6.32. The van der Waals surface area contributed by atoms with Crippen LogP contribution in [0.5, 0.6) is 0 Å². The van der Waals surface area contributed by atoms with E-state index >= 15 is 0 Å². The summed E-state index contributed by atoms with van der Waals surface area (Å²) in [5.74, 6) is -0.777. The highest BCUT2D eigenvalue weighted by atomic mass is 16.8. The highest BCUT2D eigenvalue weighted by Gasteiger charge is 2.55. The molecule has 29 heavy (non-hydrogen) atoms. The van der Waals surface area contributed by atoms with Crippen molar-refractivity contribution in [2.24, 2.45) is 5.92 Å². The first kappa shape index (κ1) is 20.5. The minimum atomic E-state index is -0.706. The molecule has 1 saturated heterocycles. The Balaban J connectivity index is 1.48. The predicted molar refractivity (Wildman–Crippen MR) is 109 cm³/mol. The van der Waals surface area contributed by atoms with E-state index in [1.807, 2.05) is 74.5 Å². The smallest absolute Gasteiger partial charge is 0.164 e. The van der Waals surface area contributed by atoms with E-state index in [0.29, 0.717) is 19.6 Å². The Morgan fingerprint density at radius 1 is 0.862 bits per heavy atom. The van der Waals surface area contributed by atoms with Crippen molar-refractivity contribution in [1.29, 1.82) is 0 Å². The van der Waals surface area contributed by atoms with E-state index < -0.39 is 5.79 Å². The van der Waals surface area contributed by atoms with E-state index in [4.69, 9.17) is 18.9 Å². The van der Waals surface area contributed by atoms with Crippen molar-refractivity contribution in [3.63, 3.8) is 0 Å². The first-order chi connectivity index (χ1) is 14.1. The van der Waals surface area contributed by atoms with Gasteiger partial charge in [0.05, 0.1) is 25.4 Å². The molecule has 0 spiro atoms. The number of aliphatic hydroxyl groups is 1. The predicted octanol–water partition coefficient (Wildman–Crippen LogP) is 3.69. The van der Waals surface area contributed by atoms with E-state index in [1.165, 1.54) is 0 Å². The number of ether oxygens (including phenoxy) is 4. The zero-order valence-electron chi connectivity index (χ0n) is 17.1. The van der Waals surface area contributed by atoms with Crippen LogP contribution in [0.15, 0.2) is 60.7 Å². The van der Waals surface area contributed by atoms with E-state index in [2.05, 4.69) is 0 Å². The Morgan fingerprint density at radius 3 is 2.00 bits per heavy atom. The second kappa shape index (κ2) is 8.94. The molecule has 0 radical (unpaired) electrons. The summed E-state index contributed by atoms with van der Waals surface area (Å²) in [7, 11) is 0. The van der Waals surface area contributed by atoms with Gasteiger partial charge in [-0.05, 0) is 31.4 Å². The first-order valence-electron chi connectivity index (χ1n) is 10.3. The zero-order valence-corrected chi connectivity index (χ0v) is 17.1. The van der Waals surface area contributed by atoms with Crippen LogP contribution in [0, 0.1) is 5.92 Å². The number of hydrogen-bond acceptors (Lipinski definition) is 5. The summed E-state index contributed by atoms with van der Waals surface area (Å²) in [4.78, 5) is 0. The number of benzene rings is 2. The van der Waals surface area contributed by atoms with Gasteiger partial charge in [-0.3, -0.25) is 0 Å². The maximum atomic E-state index is 10.1. The van der Waals surface area contributed by atoms with E-state index in [0.717, 1.165) is 11.1 Å². The molecule has 1 saturated carbocycles. The molecule has 1 heterocycles. The van der Waals surface area contributed by atoms with Crippen LogP contribution in [0.1, 0.15) is 31.4 Å². The van der Waals surface area contributed by atoms with Gasteiger partial charge in [0, 0.05) is 12.5 Å². The Bertz CT molecular complexity index is 763. The molecular formula is C24H30O5. The number of aliphatic hydroxyl groups excluding tert-OH is 1. The SMILES string of the molecule is CC1(C)O[C@@H]2[C@H](OCc3ccccc3)[C@@H](CO)C[C@@H](OCc3ccccc3)[C@H]2O1. The van der Waals surface area contributed by atoms with Crippen LogP contribution < -0.4 is 0 Å². The fourth-order valence-electron chi connectivity index (χ4n) is 4.31. The molecule has 4 rings (SSSR count). The number of rotatable bonds is 7. The van der Waals surface area contributed by atoms with Crippen LogP contribution in [0.4, 0.5) is 0 Å². The van der Waals surface area contributed by atoms with Crippen molar-refractivity contribution < 1.29 is 24.1 Å². The summed E-state index contributed by atoms with van der Waals surface area (Å²) in [6.45, 7) is 4.85. The maximum absolute atomic E-state index is 10.1. The Hall–Kier alpha value is -1.76. The van der Waals surface area contributed by atoms with Gasteiger partial charge in [0.15, 0.2) is 5.79 Å². The van der Waals surface area contributed by atoms with Gasteiger partial charge in [-0.25, -0.2) is 0 Å². The van der Waals surface area contributed by atoms with Crippen LogP contribution >= 0.6 is 0 Å². The highest BCUT2D eigenvalue weighted by molar-refractivity contribution is 5.14. The molecule has 1 aliphatic carbocycles. The van der Waals surface area contributed by atoms with Gasteiger partial charge in [-0.15, -0.1) is 0 Å². The van der Waals surface area contributed by atoms with E-state index in [9.17, 15) is 5.11 Å². The van der Waals surface area contributed by atoms with Crippen LogP contribution in [0.2, 0.25) is 0 Å². The van der Waals surface area contributed by atoms with Gasteiger partial charge in [-0.2, -0.15) is 0 Å². The minimum absolute atomic E-state index is 0.0255. The van der Waals surface area contributed by atoms with Gasteiger partial charge in [-0.1, -0.05) is 60.7 Å². The van der Waals surface area contributed by atoms with Gasteiger partial charge >= 0.3 is 0 Å². The van der Waals surface area contributed by atoms with Crippen LogP contribution in [-0.2, 0) is 32.2 Å². The van der Waals surface area contributed by atoms with Crippen molar-refractivity contribution in [1.82, 2.24) is 0 Å². The summed E-state index contributed by atoms with van der Waals surface area (Å²) in [5, 5.41) is 10.1.